The number of halogens is 1. The Hall–Kier alpha value is -3.79. The smallest absolute Gasteiger partial charge is 0.267 e. The standard InChI is InChI=1S/C22H23FN4O5/c1-3-24-20(30)15-10-14(23)5-4-13(15)8-12-9-16-18(26-11-12)19(29)17(22(32)27(16)2)21(31)25-6-7-28/h4-5,9-11,28-29H,3,6-8H2,1-2H3,(H,24,30)(H,25,31). The molecule has 10 heteroatoms. The third-order valence-corrected chi connectivity index (χ3v) is 4.94. The Labute approximate surface area is 182 Å². The molecule has 0 aliphatic carbocycles. The number of rotatable bonds is 7. The van der Waals surface area contributed by atoms with Crippen LogP contribution < -0.4 is 16.2 Å². The molecule has 0 spiro atoms. The second-order valence-corrected chi connectivity index (χ2v) is 7.12. The average molecular weight is 442 g/mol. The van der Waals surface area contributed by atoms with E-state index in [1.807, 2.05) is 0 Å². The molecule has 4 N–H and O–H groups in total. The molecule has 0 saturated heterocycles. The minimum Gasteiger partial charge on any atom is -0.505 e. The van der Waals surface area contributed by atoms with Crippen LogP contribution in [0.5, 0.6) is 5.75 Å². The van der Waals surface area contributed by atoms with Gasteiger partial charge in [0, 0.05) is 31.9 Å². The lowest BCUT2D eigenvalue weighted by Gasteiger charge is -2.13. The van der Waals surface area contributed by atoms with Crippen molar-refractivity contribution in [1.29, 1.82) is 0 Å². The molecule has 9 nitrogen and oxygen atoms in total. The molecule has 2 heterocycles. The molecule has 0 aliphatic rings. The Balaban J connectivity index is 2.05. The Morgan fingerprint density at radius 1 is 1.19 bits per heavy atom. The molecule has 0 aliphatic heterocycles. The van der Waals surface area contributed by atoms with Gasteiger partial charge in [-0.25, -0.2) is 4.39 Å². The van der Waals surface area contributed by atoms with Crippen LogP contribution in [0.3, 0.4) is 0 Å². The third kappa shape index (κ3) is 4.45. The van der Waals surface area contributed by atoms with Gasteiger partial charge in [-0.05, 0) is 42.7 Å². The number of aromatic hydroxyl groups is 1. The summed E-state index contributed by atoms with van der Waals surface area (Å²) in [6.07, 6.45) is 1.68. The zero-order valence-corrected chi connectivity index (χ0v) is 17.6. The number of amides is 2. The normalized spacial score (nSPS) is 10.9. The predicted molar refractivity (Wildman–Crippen MR) is 115 cm³/mol. The van der Waals surface area contributed by atoms with Crippen molar-refractivity contribution < 1.29 is 24.2 Å². The van der Waals surface area contributed by atoms with E-state index in [9.17, 15) is 23.9 Å². The number of aromatic nitrogens is 2. The van der Waals surface area contributed by atoms with E-state index in [1.54, 1.807) is 13.0 Å². The van der Waals surface area contributed by atoms with Crippen molar-refractivity contribution in [2.75, 3.05) is 19.7 Å². The lowest BCUT2D eigenvalue weighted by atomic mass is 9.99. The van der Waals surface area contributed by atoms with E-state index in [4.69, 9.17) is 5.11 Å². The second-order valence-electron chi connectivity index (χ2n) is 7.12. The molecule has 0 bridgehead atoms. The van der Waals surface area contributed by atoms with Gasteiger partial charge >= 0.3 is 0 Å². The van der Waals surface area contributed by atoms with Crippen LogP contribution in [0.15, 0.2) is 35.3 Å². The highest BCUT2D eigenvalue weighted by molar-refractivity contribution is 6.01. The number of carbonyl (C=O) groups excluding carboxylic acids is 2. The number of fused-ring (bicyclic) bond motifs is 1. The molecule has 0 saturated carbocycles. The van der Waals surface area contributed by atoms with Gasteiger partial charge in [-0.2, -0.15) is 0 Å². The molecule has 0 atom stereocenters. The number of benzene rings is 1. The van der Waals surface area contributed by atoms with E-state index in [0.717, 1.165) is 6.07 Å². The van der Waals surface area contributed by atoms with E-state index in [-0.39, 0.29) is 36.2 Å². The fraction of sp³-hybridized carbons (Fsp3) is 0.273. The van der Waals surface area contributed by atoms with Gasteiger partial charge in [0.1, 0.15) is 16.9 Å². The molecule has 1 aromatic carbocycles. The summed E-state index contributed by atoms with van der Waals surface area (Å²) in [5, 5.41) is 24.4. The van der Waals surface area contributed by atoms with Gasteiger partial charge in [-0.15, -0.1) is 0 Å². The number of pyridine rings is 2. The average Bonchev–Trinajstić information content (AvgIpc) is 2.77. The Bertz CT molecular complexity index is 1260. The third-order valence-electron chi connectivity index (χ3n) is 4.94. The molecular weight excluding hydrogens is 419 g/mol. The first-order valence-electron chi connectivity index (χ1n) is 9.94. The van der Waals surface area contributed by atoms with Gasteiger partial charge in [-0.1, -0.05) is 6.07 Å². The van der Waals surface area contributed by atoms with Gasteiger partial charge in [0.25, 0.3) is 17.4 Å². The molecule has 2 amide bonds. The highest BCUT2D eigenvalue weighted by Gasteiger charge is 2.22. The Morgan fingerprint density at radius 3 is 2.62 bits per heavy atom. The largest absolute Gasteiger partial charge is 0.505 e. The maximum Gasteiger partial charge on any atom is 0.267 e. The molecule has 0 unspecified atom stereocenters. The van der Waals surface area contributed by atoms with Gasteiger partial charge in [0.05, 0.1) is 12.1 Å². The van der Waals surface area contributed by atoms with Crippen LogP contribution in [-0.2, 0) is 13.5 Å². The number of aryl methyl sites for hydroxylation is 1. The van der Waals surface area contributed by atoms with E-state index in [1.165, 1.54) is 29.9 Å². The quantitative estimate of drug-likeness (QED) is 0.429. The summed E-state index contributed by atoms with van der Waals surface area (Å²) < 4.78 is 14.9. The molecule has 0 fully saturated rings. The molecule has 2 aromatic heterocycles. The lowest BCUT2D eigenvalue weighted by molar-refractivity contribution is 0.0936. The second kappa shape index (κ2) is 9.56. The first-order chi connectivity index (χ1) is 15.3. The van der Waals surface area contributed by atoms with Crippen LogP contribution in [0.4, 0.5) is 4.39 Å². The molecular formula is C22H23FN4O5. The van der Waals surface area contributed by atoms with E-state index >= 15 is 0 Å². The van der Waals surface area contributed by atoms with E-state index in [0.29, 0.717) is 17.7 Å². The number of nitrogens with one attached hydrogen (secondary N) is 2. The van der Waals surface area contributed by atoms with Crippen molar-refractivity contribution in [2.45, 2.75) is 13.3 Å². The minimum absolute atomic E-state index is 0.0491. The summed E-state index contributed by atoms with van der Waals surface area (Å²) in [5.74, 6) is -2.32. The van der Waals surface area contributed by atoms with Crippen molar-refractivity contribution >= 4 is 22.8 Å². The zero-order chi connectivity index (χ0) is 23.4. The number of carbonyl (C=O) groups is 2. The van der Waals surface area contributed by atoms with Crippen LogP contribution in [0.2, 0.25) is 0 Å². The number of hydrogen-bond acceptors (Lipinski definition) is 6. The van der Waals surface area contributed by atoms with Gasteiger partial charge < -0.3 is 25.4 Å². The fourth-order valence-electron chi connectivity index (χ4n) is 3.38. The monoisotopic (exact) mass is 442 g/mol. The molecule has 3 rings (SSSR count). The summed E-state index contributed by atoms with van der Waals surface area (Å²) in [4.78, 5) is 41.5. The van der Waals surface area contributed by atoms with Crippen molar-refractivity contribution in [2.24, 2.45) is 7.05 Å². The SMILES string of the molecule is CCNC(=O)c1cc(F)ccc1Cc1cnc2c(O)c(C(=O)NCCO)c(=O)n(C)c2c1. The summed E-state index contributed by atoms with van der Waals surface area (Å²) in [7, 11) is 1.44. The van der Waals surface area contributed by atoms with Crippen molar-refractivity contribution in [3.63, 3.8) is 0 Å². The van der Waals surface area contributed by atoms with Crippen LogP contribution >= 0.6 is 0 Å². The minimum atomic E-state index is -0.817. The van der Waals surface area contributed by atoms with Crippen LogP contribution in [0.1, 0.15) is 38.8 Å². The first-order valence-corrected chi connectivity index (χ1v) is 9.94. The van der Waals surface area contributed by atoms with Crippen LogP contribution in [0, 0.1) is 5.82 Å². The lowest BCUT2D eigenvalue weighted by Crippen LogP contribution is -2.34. The number of hydrogen-bond donors (Lipinski definition) is 4. The zero-order valence-electron chi connectivity index (χ0n) is 17.6. The van der Waals surface area contributed by atoms with Crippen LogP contribution in [-0.4, -0.2) is 51.3 Å². The Kier molecular flexibility index (Phi) is 6.84. The molecule has 168 valence electrons. The first kappa shape index (κ1) is 22.9. The number of aliphatic hydroxyl groups is 1. The summed E-state index contributed by atoms with van der Waals surface area (Å²) >= 11 is 0. The summed E-state index contributed by atoms with van der Waals surface area (Å²) in [6.45, 7) is 1.76. The van der Waals surface area contributed by atoms with Crippen molar-refractivity contribution in [1.82, 2.24) is 20.2 Å². The van der Waals surface area contributed by atoms with Gasteiger partial charge in [0.2, 0.25) is 0 Å². The molecule has 32 heavy (non-hydrogen) atoms. The summed E-state index contributed by atoms with van der Waals surface area (Å²) in [6, 6.07) is 5.54. The van der Waals surface area contributed by atoms with E-state index < -0.39 is 34.5 Å². The molecule has 3 aromatic rings. The van der Waals surface area contributed by atoms with Crippen molar-refractivity contribution in [3.05, 3.63) is 68.9 Å². The summed E-state index contributed by atoms with van der Waals surface area (Å²) in [5.41, 5.74) is 0.507. The number of aliphatic hydroxyl groups excluding tert-OH is 1. The van der Waals surface area contributed by atoms with Gasteiger partial charge in [0.15, 0.2) is 5.75 Å². The topological polar surface area (TPSA) is 134 Å². The maximum absolute atomic E-state index is 13.7. The Morgan fingerprint density at radius 2 is 1.94 bits per heavy atom. The fourth-order valence-corrected chi connectivity index (χ4v) is 3.38. The van der Waals surface area contributed by atoms with Crippen molar-refractivity contribution in [3.8, 4) is 5.75 Å². The van der Waals surface area contributed by atoms with E-state index in [2.05, 4.69) is 15.6 Å². The highest BCUT2D eigenvalue weighted by Crippen LogP contribution is 2.26. The highest BCUT2D eigenvalue weighted by atomic mass is 19.1. The number of nitrogens with zero attached hydrogens (tertiary/aromatic N) is 2. The molecule has 0 radical (unpaired) electrons. The van der Waals surface area contributed by atoms with Crippen LogP contribution in [0.25, 0.3) is 11.0 Å². The van der Waals surface area contributed by atoms with Gasteiger partial charge in [-0.3, -0.25) is 19.4 Å². The predicted octanol–water partition coefficient (Wildman–Crippen LogP) is 0.841. The maximum atomic E-state index is 13.7.